The van der Waals surface area contributed by atoms with Gasteiger partial charge in [-0.3, -0.25) is 0 Å². The fraction of sp³-hybridized carbons (Fsp3) is 0.333. The Bertz CT molecular complexity index is 636. The summed E-state index contributed by atoms with van der Waals surface area (Å²) in [5.41, 5.74) is 3.87. The van der Waals surface area contributed by atoms with Crippen molar-refractivity contribution in [3.8, 4) is 0 Å². The Morgan fingerprint density at radius 3 is 2.58 bits per heavy atom. The molecule has 0 saturated carbocycles. The first-order valence-corrected chi connectivity index (χ1v) is 6.82. The number of nitrogens with zero attached hydrogens (tertiary/aromatic N) is 1. The molecule has 98 valence electrons. The van der Waals surface area contributed by atoms with Crippen LogP contribution >= 0.6 is 0 Å². The molecular weight excluding hydrogens is 230 g/mol. The predicted molar refractivity (Wildman–Crippen MR) is 80.5 cm³/mol. The van der Waals surface area contributed by atoms with Gasteiger partial charge in [0.25, 0.3) is 0 Å². The summed E-state index contributed by atoms with van der Waals surface area (Å²) in [6, 6.07) is 18.9. The van der Waals surface area contributed by atoms with E-state index in [1.807, 2.05) is 12.1 Å². The topological polar surface area (TPSA) is 3.24 Å². The van der Waals surface area contributed by atoms with Crippen LogP contribution in [0.15, 0.2) is 54.6 Å². The molecule has 0 aliphatic heterocycles. The highest BCUT2D eigenvalue weighted by atomic mass is 15.1. The van der Waals surface area contributed by atoms with Crippen molar-refractivity contribution in [2.45, 2.75) is 24.8 Å². The van der Waals surface area contributed by atoms with Crippen LogP contribution in [0.1, 0.15) is 33.1 Å². The number of hydrogen-bond acceptors (Lipinski definition) is 1. The third-order valence-corrected chi connectivity index (χ3v) is 4.14. The van der Waals surface area contributed by atoms with E-state index in [0.29, 0.717) is 0 Å². The maximum Gasteiger partial charge on any atom is 0.0394 e. The van der Waals surface area contributed by atoms with Gasteiger partial charge < -0.3 is 4.90 Å². The van der Waals surface area contributed by atoms with Gasteiger partial charge in [-0.05, 0) is 43.6 Å². The van der Waals surface area contributed by atoms with Gasteiger partial charge in [-0.15, -0.1) is 0 Å². The number of rotatable bonds is 2. The molecule has 0 radical (unpaired) electrons. The normalized spacial score (nSPS) is 25.3. The van der Waals surface area contributed by atoms with Crippen molar-refractivity contribution in [3.05, 3.63) is 71.3 Å². The van der Waals surface area contributed by atoms with Gasteiger partial charge in [-0.2, -0.15) is 0 Å². The summed E-state index contributed by atoms with van der Waals surface area (Å²) in [4.78, 5) is 1.55. The van der Waals surface area contributed by atoms with Crippen LogP contribution < -0.4 is 0 Å². The van der Waals surface area contributed by atoms with Crippen LogP contribution in [0.25, 0.3) is 0 Å². The van der Waals surface area contributed by atoms with Gasteiger partial charge in [0.1, 0.15) is 0 Å². The Morgan fingerprint density at radius 1 is 1.05 bits per heavy atom. The summed E-state index contributed by atoms with van der Waals surface area (Å²) in [7, 11) is 1.72. The van der Waals surface area contributed by atoms with E-state index < -0.39 is 6.98 Å². The lowest BCUT2D eigenvalue weighted by Gasteiger charge is -2.35. The van der Waals surface area contributed by atoms with Crippen LogP contribution in [0.2, 0.25) is 0 Å². The highest BCUT2D eigenvalue weighted by Crippen LogP contribution is 2.37. The second kappa shape index (κ2) is 5.18. The molecule has 0 spiro atoms. The maximum absolute atomic E-state index is 7.69. The zero-order chi connectivity index (χ0) is 15.7. The van der Waals surface area contributed by atoms with E-state index in [0.717, 1.165) is 12.8 Å². The molecular formula is C18H21N. The summed E-state index contributed by atoms with van der Waals surface area (Å²) in [6.45, 7) is -2.04. The molecule has 19 heavy (non-hydrogen) atoms. The Balaban J connectivity index is 1.99. The molecule has 1 aliphatic carbocycles. The van der Waals surface area contributed by atoms with E-state index in [9.17, 15) is 0 Å². The summed E-state index contributed by atoms with van der Waals surface area (Å²) >= 11 is 0. The Kier molecular flexibility index (Phi) is 2.54. The van der Waals surface area contributed by atoms with Crippen LogP contribution in [0.5, 0.6) is 0 Å². The first kappa shape index (κ1) is 9.33. The second-order valence-corrected chi connectivity index (χ2v) is 5.37. The molecule has 2 aromatic rings. The molecule has 0 N–H and O–H groups in total. The van der Waals surface area contributed by atoms with Crippen LogP contribution in [0.4, 0.5) is 0 Å². The summed E-state index contributed by atoms with van der Waals surface area (Å²) in [5, 5.41) is 0. The van der Waals surface area contributed by atoms with Gasteiger partial charge >= 0.3 is 0 Å². The summed E-state index contributed by atoms with van der Waals surface area (Å²) in [6.07, 6.45) is 1.64. The van der Waals surface area contributed by atoms with Gasteiger partial charge in [0, 0.05) is 16.1 Å². The highest BCUT2D eigenvalue weighted by Gasteiger charge is 2.28. The van der Waals surface area contributed by atoms with E-state index in [1.165, 1.54) is 16.7 Å². The Labute approximate surface area is 120 Å². The fourth-order valence-electron chi connectivity index (χ4n) is 3.09. The Hall–Kier alpha value is -1.60. The third-order valence-electron chi connectivity index (χ3n) is 4.14. The quantitative estimate of drug-likeness (QED) is 0.793. The minimum Gasteiger partial charge on any atom is -0.306 e. The molecule has 1 nitrogen and oxygen atoms in total. The number of hydrogen-bond donors (Lipinski definition) is 0. The average molecular weight is 257 g/mol. The standard InChI is InChI=1S/C18H21N/c1-19(2)16-12-15-10-6-7-11-17(15)18(13-16)14-8-4-3-5-9-14/h3-11,16,18H,12-13H2,1-2H3/t16-,18-/m1/s1/i1T3. The monoisotopic (exact) mass is 257 g/mol. The van der Waals surface area contributed by atoms with E-state index in [-0.39, 0.29) is 12.0 Å². The largest absolute Gasteiger partial charge is 0.306 e. The van der Waals surface area contributed by atoms with Crippen molar-refractivity contribution in [2.75, 3.05) is 14.0 Å². The summed E-state index contributed by atoms with van der Waals surface area (Å²) < 4.78 is 23.1. The molecule has 0 bridgehead atoms. The van der Waals surface area contributed by atoms with Gasteiger partial charge in [0.2, 0.25) is 0 Å². The molecule has 3 rings (SSSR count). The molecule has 1 aliphatic rings. The van der Waals surface area contributed by atoms with Gasteiger partial charge in [-0.1, -0.05) is 54.6 Å². The molecule has 0 unspecified atom stereocenters. The van der Waals surface area contributed by atoms with Crippen LogP contribution in [-0.2, 0) is 6.42 Å². The van der Waals surface area contributed by atoms with Gasteiger partial charge in [-0.25, -0.2) is 0 Å². The smallest absolute Gasteiger partial charge is 0.0394 e. The molecule has 0 heterocycles. The first-order valence-electron chi connectivity index (χ1n) is 8.32. The zero-order valence-electron chi connectivity index (χ0n) is 14.2. The minimum absolute atomic E-state index is 0.0348. The lowest BCUT2D eigenvalue weighted by molar-refractivity contribution is 0.258. The maximum atomic E-state index is 7.69. The zero-order valence-corrected chi connectivity index (χ0v) is 11.2. The fourth-order valence-corrected chi connectivity index (χ4v) is 3.09. The van der Waals surface area contributed by atoms with Crippen molar-refractivity contribution in [2.24, 2.45) is 0 Å². The van der Waals surface area contributed by atoms with E-state index in [1.54, 1.807) is 11.9 Å². The molecule has 0 saturated heterocycles. The average Bonchev–Trinajstić information content (AvgIpc) is 2.53. The first-order chi connectivity index (χ1) is 10.5. The number of benzene rings is 2. The predicted octanol–water partition coefficient (Wildman–Crippen LogP) is 3.69. The van der Waals surface area contributed by atoms with Gasteiger partial charge in [0.15, 0.2) is 0 Å². The van der Waals surface area contributed by atoms with Crippen LogP contribution in [0.3, 0.4) is 0 Å². The number of likely N-dealkylation sites (N-methyl/N-ethyl adjacent to an activating group) is 1. The van der Waals surface area contributed by atoms with E-state index in [2.05, 4.69) is 42.5 Å². The van der Waals surface area contributed by atoms with Crippen molar-refractivity contribution in [1.82, 2.24) is 4.90 Å². The third kappa shape index (κ3) is 2.43. The van der Waals surface area contributed by atoms with Crippen molar-refractivity contribution >= 4 is 0 Å². The van der Waals surface area contributed by atoms with Crippen molar-refractivity contribution in [1.29, 1.82) is 0 Å². The molecule has 1 heteroatoms. The molecule has 0 amide bonds. The van der Waals surface area contributed by atoms with Crippen LogP contribution in [0, 0.1) is 0 Å². The van der Waals surface area contributed by atoms with E-state index in [4.69, 9.17) is 4.11 Å². The SMILES string of the molecule is [3H]C([3H])([3H])N(C)[C@@H]1Cc2ccccc2[C@@H](c2ccccc2)C1. The number of fused-ring (bicyclic) bond motifs is 1. The lowest BCUT2D eigenvalue weighted by atomic mass is 9.76. The molecule has 2 aromatic carbocycles. The van der Waals surface area contributed by atoms with Crippen molar-refractivity contribution < 1.29 is 4.11 Å². The van der Waals surface area contributed by atoms with E-state index >= 15 is 0 Å². The Morgan fingerprint density at radius 2 is 1.79 bits per heavy atom. The van der Waals surface area contributed by atoms with Crippen LogP contribution in [-0.4, -0.2) is 25.0 Å². The molecule has 0 fully saturated rings. The summed E-state index contributed by atoms with van der Waals surface area (Å²) in [5.74, 6) is 0.265. The van der Waals surface area contributed by atoms with Crippen molar-refractivity contribution in [3.63, 3.8) is 0 Å². The minimum atomic E-state index is -2.04. The highest BCUT2D eigenvalue weighted by molar-refractivity contribution is 5.40. The molecule has 2 atom stereocenters. The lowest BCUT2D eigenvalue weighted by Crippen LogP contribution is -2.35. The van der Waals surface area contributed by atoms with Gasteiger partial charge in [0.05, 0.1) is 0 Å². The molecule has 0 aromatic heterocycles. The second-order valence-electron chi connectivity index (χ2n) is 5.37.